The fourth-order valence-electron chi connectivity index (χ4n) is 4.65. The van der Waals surface area contributed by atoms with Gasteiger partial charge in [0.25, 0.3) is 0 Å². The number of ketones is 1. The second-order valence-electron chi connectivity index (χ2n) is 8.09. The maximum atomic E-state index is 14.9. The first kappa shape index (κ1) is 19.3. The van der Waals surface area contributed by atoms with Crippen molar-refractivity contribution in [1.82, 2.24) is 0 Å². The fraction of sp³-hybridized carbons (Fsp3) is 0.333. The Hall–Kier alpha value is -3.00. The zero-order chi connectivity index (χ0) is 20.7. The molecule has 148 valence electrons. The number of halogens is 2. The van der Waals surface area contributed by atoms with Gasteiger partial charge in [-0.1, -0.05) is 12.1 Å². The van der Waals surface area contributed by atoms with E-state index >= 15 is 0 Å². The van der Waals surface area contributed by atoms with Crippen LogP contribution in [0.5, 0.6) is 0 Å². The highest BCUT2D eigenvalue weighted by atomic mass is 19.1. The monoisotopic (exact) mass is 392 g/mol. The van der Waals surface area contributed by atoms with E-state index in [1.807, 2.05) is 19.1 Å². The molecule has 2 aliphatic carbocycles. The Balaban J connectivity index is 1.89. The average Bonchev–Trinajstić information content (AvgIpc) is 2.71. The quantitative estimate of drug-likeness (QED) is 0.724. The normalized spacial score (nSPS) is 19.4. The van der Waals surface area contributed by atoms with Gasteiger partial charge in [0.05, 0.1) is 22.9 Å². The van der Waals surface area contributed by atoms with Crippen LogP contribution in [0.4, 0.5) is 14.5 Å². The molecular formula is C24H22F2N2O. The molecule has 0 heterocycles. The number of fused-ring (bicyclic) bond motifs is 1. The highest BCUT2D eigenvalue weighted by Crippen LogP contribution is 2.42. The molecule has 0 aromatic heterocycles. The summed E-state index contributed by atoms with van der Waals surface area (Å²) in [5.74, 6) is -0.797. The number of rotatable bonds is 2. The fourth-order valence-corrected chi connectivity index (χ4v) is 4.65. The van der Waals surface area contributed by atoms with E-state index in [0.717, 1.165) is 30.4 Å². The lowest BCUT2D eigenvalue weighted by molar-refractivity contribution is -0.121. The molecule has 2 aromatic rings. The summed E-state index contributed by atoms with van der Waals surface area (Å²) in [6.45, 7) is 1.87. The Morgan fingerprint density at radius 2 is 1.90 bits per heavy atom. The van der Waals surface area contributed by atoms with Crippen LogP contribution in [0, 0.1) is 41.7 Å². The second-order valence-corrected chi connectivity index (χ2v) is 8.09. The first-order valence-electron chi connectivity index (χ1n) is 9.90. The van der Waals surface area contributed by atoms with Crippen LogP contribution >= 0.6 is 0 Å². The molecule has 0 bridgehead atoms. The van der Waals surface area contributed by atoms with Crippen LogP contribution in [-0.4, -0.2) is 5.78 Å². The van der Waals surface area contributed by atoms with E-state index in [1.54, 1.807) is 6.07 Å². The van der Waals surface area contributed by atoms with Gasteiger partial charge in [0.1, 0.15) is 11.6 Å². The van der Waals surface area contributed by atoms with Crippen molar-refractivity contribution in [2.24, 2.45) is 11.8 Å². The van der Waals surface area contributed by atoms with Crippen LogP contribution < -0.4 is 5.73 Å². The lowest BCUT2D eigenvalue weighted by Crippen LogP contribution is -2.25. The average molecular weight is 392 g/mol. The van der Waals surface area contributed by atoms with Gasteiger partial charge in [-0.15, -0.1) is 0 Å². The predicted molar refractivity (Wildman–Crippen MR) is 108 cm³/mol. The largest absolute Gasteiger partial charge is 0.396 e. The zero-order valence-corrected chi connectivity index (χ0v) is 16.3. The number of carbonyl (C=O) groups is 1. The van der Waals surface area contributed by atoms with Gasteiger partial charge in [-0.05, 0) is 78.5 Å². The van der Waals surface area contributed by atoms with Crippen LogP contribution in [0.1, 0.15) is 53.5 Å². The van der Waals surface area contributed by atoms with E-state index in [0.29, 0.717) is 35.5 Å². The minimum atomic E-state index is -0.777. The smallest absolute Gasteiger partial charge is 0.156 e. The molecule has 3 nitrogen and oxygen atoms in total. The number of nitriles is 1. The predicted octanol–water partition coefficient (Wildman–Crippen LogP) is 5.09. The number of carbonyl (C=O) groups excluding carboxylic acids is 1. The number of hydrogen-bond donors (Lipinski definition) is 1. The van der Waals surface area contributed by atoms with Gasteiger partial charge in [0.2, 0.25) is 0 Å². The standard InChI is InChI=1S/C24H22F2N2O/c1-13-8-16-9-15(14-2-4-18(29)5-3-14)10-20(19(16)11-17(13)12-27)23-21(25)6-7-22(28)24(23)26/h6-8,10-11,14-15H,2-5,9,28H2,1H3. The lowest BCUT2D eigenvalue weighted by Gasteiger charge is -2.33. The van der Waals surface area contributed by atoms with Gasteiger partial charge < -0.3 is 5.73 Å². The van der Waals surface area contributed by atoms with Gasteiger partial charge in [-0.25, -0.2) is 8.78 Å². The number of Topliss-reactive ketones (excluding diaryl/α,β-unsaturated/α-hetero) is 1. The van der Waals surface area contributed by atoms with Crippen molar-refractivity contribution < 1.29 is 13.6 Å². The summed E-state index contributed by atoms with van der Waals surface area (Å²) in [4.78, 5) is 11.7. The number of nitrogen functional groups attached to an aromatic ring is 1. The number of hydrogen-bond acceptors (Lipinski definition) is 3. The van der Waals surface area contributed by atoms with Crippen molar-refractivity contribution in [2.45, 2.75) is 39.0 Å². The van der Waals surface area contributed by atoms with Gasteiger partial charge in [-0.2, -0.15) is 5.26 Å². The number of aryl methyl sites for hydroxylation is 1. The maximum absolute atomic E-state index is 14.9. The molecule has 0 radical (unpaired) electrons. The van der Waals surface area contributed by atoms with Crippen LogP contribution in [0.2, 0.25) is 0 Å². The Labute approximate surface area is 168 Å². The van der Waals surface area contributed by atoms with Crippen LogP contribution in [0.25, 0.3) is 5.57 Å². The highest BCUT2D eigenvalue weighted by Gasteiger charge is 2.32. The third-order valence-electron chi connectivity index (χ3n) is 6.28. The van der Waals surface area contributed by atoms with Crippen LogP contribution in [0.15, 0.2) is 30.3 Å². The Kier molecular flexibility index (Phi) is 4.96. The molecule has 0 spiro atoms. The van der Waals surface area contributed by atoms with Crippen molar-refractivity contribution >= 4 is 17.0 Å². The molecule has 5 heteroatoms. The molecule has 1 saturated carbocycles. The summed E-state index contributed by atoms with van der Waals surface area (Å²) in [5, 5.41) is 9.44. The molecule has 2 aromatic carbocycles. The molecule has 1 atom stereocenters. The minimum Gasteiger partial charge on any atom is -0.396 e. The van der Waals surface area contributed by atoms with Crippen molar-refractivity contribution in [3.8, 4) is 6.07 Å². The lowest BCUT2D eigenvalue weighted by atomic mass is 9.71. The molecule has 0 aliphatic heterocycles. The third-order valence-corrected chi connectivity index (χ3v) is 6.28. The summed E-state index contributed by atoms with van der Waals surface area (Å²) in [6, 6.07) is 8.23. The Bertz CT molecular complexity index is 1070. The van der Waals surface area contributed by atoms with Crippen LogP contribution in [-0.2, 0) is 11.2 Å². The van der Waals surface area contributed by atoms with E-state index in [-0.39, 0.29) is 23.0 Å². The van der Waals surface area contributed by atoms with Crippen molar-refractivity contribution in [1.29, 1.82) is 5.26 Å². The second kappa shape index (κ2) is 7.44. The molecule has 4 rings (SSSR count). The van der Waals surface area contributed by atoms with Crippen molar-refractivity contribution in [3.63, 3.8) is 0 Å². The van der Waals surface area contributed by atoms with Crippen molar-refractivity contribution in [2.75, 3.05) is 5.73 Å². The number of nitrogens with two attached hydrogens (primary N) is 1. The number of benzene rings is 2. The number of nitrogens with zero attached hydrogens (tertiary/aromatic N) is 1. The molecule has 0 saturated heterocycles. The number of anilines is 1. The summed E-state index contributed by atoms with van der Waals surface area (Å²) in [6.07, 6.45) is 5.37. The van der Waals surface area contributed by atoms with Gasteiger partial charge in [0.15, 0.2) is 5.82 Å². The minimum absolute atomic E-state index is 0.0816. The zero-order valence-electron chi connectivity index (χ0n) is 16.3. The Morgan fingerprint density at radius 1 is 1.17 bits per heavy atom. The molecule has 1 unspecified atom stereocenters. The molecule has 1 fully saturated rings. The van der Waals surface area contributed by atoms with Crippen molar-refractivity contribution in [3.05, 3.63) is 69.8 Å². The first-order chi connectivity index (χ1) is 13.9. The van der Waals surface area contributed by atoms with Gasteiger partial charge >= 0.3 is 0 Å². The molecule has 29 heavy (non-hydrogen) atoms. The van der Waals surface area contributed by atoms with Gasteiger partial charge in [0, 0.05) is 12.8 Å². The summed E-state index contributed by atoms with van der Waals surface area (Å²) >= 11 is 0. The summed E-state index contributed by atoms with van der Waals surface area (Å²) < 4.78 is 29.7. The molecule has 2 aliphatic rings. The summed E-state index contributed by atoms with van der Waals surface area (Å²) in [5.41, 5.74) is 8.92. The number of allylic oxidation sites excluding steroid dienone is 1. The maximum Gasteiger partial charge on any atom is 0.156 e. The van der Waals surface area contributed by atoms with E-state index < -0.39 is 11.6 Å². The molecule has 0 amide bonds. The van der Waals surface area contributed by atoms with E-state index in [4.69, 9.17) is 5.73 Å². The summed E-state index contributed by atoms with van der Waals surface area (Å²) in [7, 11) is 0. The van der Waals surface area contributed by atoms with Crippen LogP contribution in [0.3, 0.4) is 0 Å². The molecular weight excluding hydrogens is 370 g/mol. The SMILES string of the molecule is Cc1cc2c(cc1C#N)C(c1c(F)ccc(N)c1F)=CC(C1CCC(=O)CC1)C2. The van der Waals surface area contributed by atoms with E-state index in [9.17, 15) is 18.8 Å². The van der Waals surface area contributed by atoms with Gasteiger partial charge in [-0.3, -0.25) is 4.79 Å². The Morgan fingerprint density at radius 3 is 2.59 bits per heavy atom. The highest BCUT2D eigenvalue weighted by molar-refractivity contribution is 5.85. The first-order valence-corrected chi connectivity index (χ1v) is 9.90. The van der Waals surface area contributed by atoms with E-state index in [1.165, 1.54) is 12.1 Å². The third kappa shape index (κ3) is 3.44. The molecule has 2 N–H and O–H groups in total. The van der Waals surface area contributed by atoms with E-state index in [2.05, 4.69) is 6.07 Å². The topological polar surface area (TPSA) is 66.9 Å².